The molecule has 31 heavy (non-hydrogen) atoms. The van der Waals surface area contributed by atoms with E-state index in [9.17, 15) is 5.11 Å². The van der Waals surface area contributed by atoms with Gasteiger partial charge < -0.3 is 5.11 Å². The lowest BCUT2D eigenvalue weighted by molar-refractivity contribution is 0.0353. The molecule has 5 rings (SSSR count). The fourth-order valence-electron chi connectivity index (χ4n) is 4.04. The maximum Gasteiger partial charge on any atom is 0.101 e. The zero-order valence-electron chi connectivity index (χ0n) is 16.9. The maximum absolute atomic E-state index is 11.9. The number of aliphatic hydroxyl groups is 1. The van der Waals surface area contributed by atoms with E-state index in [4.69, 9.17) is 21.6 Å². The number of hydrogen-bond acceptors (Lipinski definition) is 3. The minimum atomic E-state index is -1.17. The van der Waals surface area contributed by atoms with Gasteiger partial charge in [0.1, 0.15) is 5.60 Å². The number of fused-ring (bicyclic) bond motifs is 2. The summed E-state index contributed by atoms with van der Waals surface area (Å²) in [6.45, 7) is 0. The topological polar surface area (TPSA) is 46.0 Å². The molecule has 0 aliphatic heterocycles. The first-order chi connectivity index (χ1) is 15.1. The summed E-state index contributed by atoms with van der Waals surface area (Å²) >= 11 is 6.11. The Morgan fingerprint density at radius 1 is 0.613 bits per heavy atom. The normalized spacial score (nSPS) is 11.8. The zero-order valence-corrected chi connectivity index (χ0v) is 17.6. The van der Waals surface area contributed by atoms with Crippen molar-refractivity contribution in [3.8, 4) is 0 Å². The summed E-state index contributed by atoms with van der Waals surface area (Å²) in [4.78, 5) is 9.58. The second-order valence-electron chi connectivity index (χ2n) is 7.88. The zero-order chi connectivity index (χ0) is 21.3. The number of nitrogens with zero attached hydrogens (tertiary/aromatic N) is 2. The molecule has 0 atom stereocenters. The summed E-state index contributed by atoms with van der Waals surface area (Å²) in [5.74, 6) is 0. The summed E-state index contributed by atoms with van der Waals surface area (Å²) < 4.78 is 0. The third kappa shape index (κ3) is 4.15. The molecule has 0 amide bonds. The smallest absolute Gasteiger partial charge is 0.101 e. The minimum Gasteiger partial charge on any atom is -0.384 e. The molecule has 0 saturated heterocycles. The van der Waals surface area contributed by atoms with Crippen LogP contribution in [0.3, 0.4) is 0 Å². The number of aromatic nitrogens is 2. The summed E-state index contributed by atoms with van der Waals surface area (Å²) in [6, 6.07) is 31.5. The Hall–Kier alpha value is -3.27. The highest BCUT2D eigenvalue weighted by atomic mass is 35.5. The van der Waals surface area contributed by atoms with Gasteiger partial charge in [0.15, 0.2) is 0 Å². The number of halogens is 1. The third-order valence-electron chi connectivity index (χ3n) is 5.64. The van der Waals surface area contributed by atoms with Crippen LogP contribution in [0.2, 0.25) is 5.02 Å². The molecule has 0 unspecified atom stereocenters. The summed E-state index contributed by atoms with van der Waals surface area (Å²) in [7, 11) is 0. The van der Waals surface area contributed by atoms with Crippen LogP contribution in [0.25, 0.3) is 21.8 Å². The van der Waals surface area contributed by atoms with E-state index in [2.05, 4.69) is 0 Å². The molecule has 2 aromatic heterocycles. The van der Waals surface area contributed by atoms with Crippen molar-refractivity contribution in [3.63, 3.8) is 0 Å². The molecule has 0 saturated carbocycles. The quantitative estimate of drug-likeness (QED) is 0.370. The van der Waals surface area contributed by atoms with E-state index in [1.165, 1.54) is 0 Å². The van der Waals surface area contributed by atoms with Gasteiger partial charge in [0, 0.05) is 40.0 Å². The highest BCUT2D eigenvalue weighted by Crippen LogP contribution is 2.31. The largest absolute Gasteiger partial charge is 0.384 e. The van der Waals surface area contributed by atoms with Crippen LogP contribution in [0.4, 0.5) is 0 Å². The Bertz CT molecular complexity index is 1280. The Labute approximate surface area is 186 Å². The van der Waals surface area contributed by atoms with Crippen LogP contribution in [0.5, 0.6) is 0 Å². The van der Waals surface area contributed by atoms with Crippen molar-refractivity contribution in [2.45, 2.75) is 18.4 Å². The molecule has 0 aliphatic rings. The Kier molecular flexibility index (Phi) is 5.14. The molecule has 0 aliphatic carbocycles. The van der Waals surface area contributed by atoms with Gasteiger partial charge in [-0.15, -0.1) is 0 Å². The SMILES string of the molecule is OC(Cc1ccc2ccccc2n1)(Cc1ccc2ccccc2n1)c1ccc(Cl)cc1. The summed E-state index contributed by atoms with van der Waals surface area (Å²) in [6.07, 6.45) is 0.738. The fourth-order valence-corrected chi connectivity index (χ4v) is 4.17. The molecule has 5 aromatic rings. The molecular formula is C27H21ClN2O. The van der Waals surface area contributed by atoms with Crippen LogP contribution in [0.15, 0.2) is 97.1 Å². The monoisotopic (exact) mass is 424 g/mol. The maximum atomic E-state index is 11.9. The van der Waals surface area contributed by atoms with Crippen LogP contribution in [0.1, 0.15) is 17.0 Å². The van der Waals surface area contributed by atoms with Gasteiger partial charge in [-0.05, 0) is 42.0 Å². The Morgan fingerprint density at radius 2 is 1.10 bits per heavy atom. The average Bonchev–Trinajstić information content (AvgIpc) is 2.79. The van der Waals surface area contributed by atoms with E-state index in [1.54, 1.807) is 0 Å². The van der Waals surface area contributed by atoms with Crippen molar-refractivity contribution in [1.82, 2.24) is 9.97 Å². The molecule has 3 aromatic carbocycles. The van der Waals surface area contributed by atoms with Crippen LogP contribution in [-0.4, -0.2) is 15.1 Å². The standard InChI is InChI=1S/C27H21ClN2O/c28-22-13-11-21(12-14-22)27(31,17-23-15-9-19-5-1-3-7-25(19)29-23)18-24-16-10-20-6-2-4-8-26(20)30-24/h1-16,31H,17-18H2. The third-order valence-corrected chi connectivity index (χ3v) is 5.89. The molecule has 2 heterocycles. The van der Waals surface area contributed by atoms with E-state index in [-0.39, 0.29) is 0 Å². The van der Waals surface area contributed by atoms with Crippen LogP contribution in [-0.2, 0) is 18.4 Å². The van der Waals surface area contributed by atoms with E-state index < -0.39 is 5.60 Å². The summed E-state index contributed by atoms with van der Waals surface area (Å²) in [5, 5.41) is 14.7. The number of hydrogen-bond donors (Lipinski definition) is 1. The van der Waals surface area contributed by atoms with Crippen molar-refractivity contribution < 1.29 is 5.11 Å². The lowest BCUT2D eigenvalue weighted by Crippen LogP contribution is -2.32. The molecule has 0 radical (unpaired) electrons. The molecule has 3 nitrogen and oxygen atoms in total. The number of para-hydroxylation sites is 2. The highest BCUT2D eigenvalue weighted by Gasteiger charge is 2.31. The van der Waals surface area contributed by atoms with Crippen molar-refractivity contribution in [2.75, 3.05) is 0 Å². The fraction of sp³-hybridized carbons (Fsp3) is 0.111. The first-order valence-corrected chi connectivity index (χ1v) is 10.6. The number of rotatable bonds is 5. The van der Waals surface area contributed by atoms with E-state index >= 15 is 0 Å². The highest BCUT2D eigenvalue weighted by molar-refractivity contribution is 6.30. The van der Waals surface area contributed by atoms with Gasteiger partial charge in [0.05, 0.1) is 11.0 Å². The van der Waals surface area contributed by atoms with Gasteiger partial charge in [-0.1, -0.05) is 72.3 Å². The van der Waals surface area contributed by atoms with Crippen LogP contribution in [0, 0.1) is 0 Å². The van der Waals surface area contributed by atoms with Gasteiger partial charge in [0.2, 0.25) is 0 Å². The molecule has 0 fully saturated rings. The van der Waals surface area contributed by atoms with E-state index in [0.717, 1.165) is 38.8 Å². The molecule has 152 valence electrons. The number of pyridine rings is 2. The predicted octanol–water partition coefficient (Wildman–Crippen LogP) is 6.11. The van der Waals surface area contributed by atoms with Crippen molar-refractivity contribution in [1.29, 1.82) is 0 Å². The summed E-state index contributed by atoms with van der Waals surface area (Å²) in [5.41, 5.74) is 3.12. The second kappa shape index (κ2) is 8.10. The average molecular weight is 425 g/mol. The molecule has 4 heteroatoms. The Morgan fingerprint density at radius 3 is 1.61 bits per heavy atom. The molecule has 0 bridgehead atoms. The van der Waals surface area contributed by atoms with Gasteiger partial charge in [-0.25, -0.2) is 0 Å². The second-order valence-corrected chi connectivity index (χ2v) is 8.32. The molecular weight excluding hydrogens is 404 g/mol. The van der Waals surface area contributed by atoms with Gasteiger partial charge in [-0.3, -0.25) is 9.97 Å². The van der Waals surface area contributed by atoms with Gasteiger partial charge >= 0.3 is 0 Å². The predicted molar refractivity (Wildman–Crippen MR) is 126 cm³/mol. The minimum absolute atomic E-state index is 0.369. The van der Waals surface area contributed by atoms with Gasteiger partial charge in [-0.2, -0.15) is 0 Å². The van der Waals surface area contributed by atoms with Crippen LogP contribution < -0.4 is 0 Å². The number of benzene rings is 3. The molecule has 1 N–H and O–H groups in total. The van der Waals surface area contributed by atoms with Crippen molar-refractivity contribution >= 4 is 33.4 Å². The first kappa shape index (κ1) is 19.7. The Balaban J connectivity index is 1.55. The van der Waals surface area contributed by atoms with E-state index in [1.807, 2.05) is 97.1 Å². The van der Waals surface area contributed by atoms with Crippen molar-refractivity contribution in [2.24, 2.45) is 0 Å². The first-order valence-electron chi connectivity index (χ1n) is 10.3. The molecule has 0 spiro atoms. The van der Waals surface area contributed by atoms with Crippen molar-refractivity contribution in [3.05, 3.63) is 119 Å². The van der Waals surface area contributed by atoms with E-state index in [0.29, 0.717) is 17.9 Å². The lowest BCUT2D eigenvalue weighted by atomic mass is 9.84. The van der Waals surface area contributed by atoms with Crippen LogP contribution >= 0.6 is 11.6 Å². The lowest BCUT2D eigenvalue weighted by Gasteiger charge is -2.29. The van der Waals surface area contributed by atoms with Gasteiger partial charge in [0.25, 0.3) is 0 Å².